The minimum absolute atomic E-state index is 0.187. The summed E-state index contributed by atoms with van der Waals surface area (Å²) in [5.41, 5.74) is 6.92. The van der Waals surface area contributed by atoms with Crippen LogP contribution in [0.5, 0.6) is 0 Å². The molecule has 1 heterocycles. The maximum atomic E-state index is 5.97. The van der Waals surface area contributed by atoms with Crippen molar-refractivity contribution in [1.82, 2.24) is 5.32 Å². The van der Waals surface area contributed by atoms with E-state index in [-0.39, 0.29) is 6.10 Å². The van der Waals surface area contributed by atoms with Gasteiger partial charge in [0.05, 0.1) is 18.5 Å². The van der Waals surface area contributed by atoms with E-state index in [0.29, 0.717) is 5.92 Å². The predicted octanol–water partition coefficient (Wildman–Crippen LogP) is 2.17. The monoisotopic (exact) mass is 232 g/mol. The Morgan fingerprint density at radius 3 is 2.76 bits per heavy atom. The van der Waals surface area contributed by atoms with Gasteiger partial charge in [-0.25, -0.2) is 0 Å². The second-order valence-electron chi connectivity index (χ2n) is 4.40. The molecule has 2 rings (SSSR count). The van der Waals surface area contributed by atoms with Gasteiger partial charge in [0.15, 0.2) is 0 Å². The van der Waals surface area contributed by atoms with Gasteiger partial charge in [-0.15, -0.1) is 0 Å². The van der Waals surface area contributed by atoms with Crippen LogP contribution in [0.4, 0.5) is 0 Å². The molecule has 1 aromatic rings. The van der Waals surface area contributed by atoms with E-state index in [2.05, 4.69) is 36.5 Å². The number of nitrogens with one attached hydrogen (secondary N) is 1. The van der Waals surface area contributed by atoms with E-state index in [1.54, 1.807) is 0 Å². The molecule has 0 bridgehead atoms. The van der Waals surface area contributed by atoms with Gasteiger partial charge in [0, 0.05) is 12.5 Å². The topological polar surface area (TPSA) is 47.3 Å². The van der Waals surface area contributed by atoms with E-state index in [1.165, 1.54) is 5.56 Å². The summed E-state index contributed by atoms with van der Waals surface area (Å²) in [6.07, 6.45) is 3.22. The highest BCUT2D eigenvalue weighted by molar-refractivity contribution is 5.17. The molecular formula is C14H20N2O. The molecule has 3 nitrogen and oxygen atoms in total. The fourth-order valence-corrected chi connectivity index (χ4v) is 2.08. The number of nitrogens with two attached hydrogens (primary N) is 1. The van der Waals surface area contributed by atoms with Gasteiger partial charge in [0.2, 0.25) is 0 Å². The average Bonchev–Trinajstić information content (AvgIpc) is 2.77. The molecule has 92 valence electrons. The molecule has 3 N–H and O–H groups in total. The van der Waals surface area contributed by atoms with E-state index in [4.69, 9.17) is 10.5 Å². The quantitative estimate of drug-likeness (QED) is 0.818. The second kappa shape index (κ2) is 5.73. The van der Waals surface area contributed by atoms with E-state index in [1.807, 2.05) is 12.1 Å². The van der Waals surface area contributed by atoms with Gasteiger partial charge in [-0.1, -0.05) is 37.3 Å². The van der Waals surface area contributed by atoms with Crippen LogP contribution >= 0.6 is 0 Å². The zero-order valence-corrected chi connectivity index (χ0v) is 10.2. The first kappa shape index (κ1) is 12.0. The van der Waals surface area contributed by atoms with Crippen LogP contribution in [0.25, 0.3) is 0 Å². The van der Waals surface area contributed by atoms with Crippen molar-refractivity contribution in [2.24, 2.45) is 11.7 Å². The summed E-state index contributed by atoms with van der Waals surface area (Å²) in [5, 5.41) is 3.11. The third-order valence-electron chi connectivity index (χ3n) is 3.04. The van der Waals surface area contributed by atoms with Crippen molar-refractivity contribution in [3.8, 4) is 0 Å². The van der Waals surface area contributed by atoms with Crippen molar-refractivity contribution in [2.75, 3.05) is 13.2 Å². The Hall–Kier alpha value is -1.48. The van der Waals surface area contributed by atoms with Crippen molar-refractivity contribution >= 4 is 0 Å². The SMILES string of the molecule is CC[C@@H](OC[C@H]1C=C(N)NC1)c1ccccc1. The molecule has 0 fully saturated rings. The molecular weight excluding hydrogens is 212 g/mol. The van der Waals surface area contributed by atoms with Crippen LogP contribution in [0.1, 0.15) is 25.0 Å². The van der Waals surface area contributed by atoms with E-state index in [9.17, 15) is 0 Å². The number of benzene rings is 1. The molecule has 0 aliphatic carbocycles. The first-order valence-corrected chi connectivity index (χ1v) is 6.17. The lowest BCUT2D eigenvalue weighted by atomic mass is 10.1. The van der Waals surface area contributed by atoms with E-state index < -0.39 is 0 Å². The average molecular weight is 232 g/mol. The van der Waals surface area contributed by atoms with E-state index >= 15 is 0 Å². The molecule has 0 spiro atoms. The molecule has 0 amide bonds. The molecule has 1 aromatic carbocycles. The van der Waals surface area contributed by atoms with Crippen LogP contribution in [0.2, 0.25) is 0 Å². The molecule has 0 saturated carbocycles. The summed E-state index contributed by atoms with van der Waals surface area (Å²) in [7, 11) is 0. The predicted molar refractivity (Wildman–Crippen MR) is 69.2 cm³/mol. The standard InChI is InChI=1S/C14H20N2O/c1-2-13(12-6-4-3-5-7-12)17-10-11-8-14(15)16-9-11/h3-8,11,13,16H,2,9-10,15H2,1H3/t11-,13+/m0/s1. The maximum absolute atomic E-state index is 5.97. The highest BCUT2D eigenvalue weighted by Gasteiger charge is 2.16. The van der Waals surface area contributed by atoms with Gasteiger partial charge in [0.1, 0.15) is 0 Å². The smallest absolute Gasteiger partial charge is 0.0923 e. The Bertz CT molecular complexity index is 375. The van der Waals surface area contributed by atoms with Gasteiger partial charge in [0.25, 0.3) is 0 Å². The Labute approximate surface area is 103 Å². The van der Waals surface area contributed by atoms with Gasteiger partial charge in [-0.2, -0.15) is 0 Å². The first-order valence-electron chi connectivity index (χ1n) is 6.17. The van der Waals surface area contributed by atoms with E-state index in [0.717, 1.165) is 25.4 Å². The molecule has 1 aliphatic heterocycles. The van der Waals surface area contributed by atoms with Crippen LogP contribution in [0, 0.1) is 5.92 Å². The largest absolute Gasteiger partial charge is 0.386 e. The minimum Gasteiger partial charge on any atom is -0.386 e. The molecule has 2 atom stereocenters. The minimum atomic E-state index is 0.187. The van der Waals surface area contributed by atoms with Crippen LogP contribution in [0.15, 0.2) is 42.2 Å². The van der Waals surface area contributed by atoms with Crippen molar-refractivity contribution in [3.05, 3.63) is 47.8 Å². The zero-order valence-electron chi connectivity index (χ0n) is 10.2. The molecule has 0 radical (unpaired) electrons. The summed E-state index contributed by atoms with van der Waals surface area (Å²) in [6.45, 7) is 3.76. The number of hydrogen-bond donors (Lipinski definition) is 2. The van der Waals surface area contributed by atoms with Crippen LogP contribution in [-0.4, -0.2) is 13.2 Å². The third-order valence-corrected chi connectivity index (χ3v) is 3.04. The number of hydrogen-bond acceptors (Lipinski definition) is 3. The Balaban J connectivity index is 1.88. The molecule has 0 unspecified atom stereocenters. The Morgan fingerprint density at radius 1 is 1.41 bits per heavy atom. The highest BCUT2D eigenvalue weighted by Crippen LogP contribution is 2.22. The number of rotatable bonds is 5. The zero-order chi connectivity index (χ0) is 12.1. The van der Waals surface area contributed by atoms with Gasteiger partial charge in [-0.05, 0) is 18.1 Å². The van der Waals surface area contributed by atoms with Crippen molar-refractivity contribution in [2.45, 2.75) is 19.4 Å². The summed E-state index contributed by atoms with van der Waals surface area (Å²) in [6, 6.07) is 10.4. The van der Waals surface area contributed by atoms with Crippen molar-refractivity contribution in [1.29, 1.82) is 0 Å². The van der Waals surface area contributed by atoms with Crippen LogP contribution < -0.4 is 11.1 Å². The molecule has 3 heteroatoms. The molecule has 1 aliphatic rings. The van der Waals surface area contributed by atoms with Crippen LogP contribution in [0.3, 0.4) is 0 Å². The van der Waals surface area contributed by atoms with Crippen molar-refractivity contribution in [3.63, 3.8) is 0 Å². The summed E-state index contributed by atoms with van der Waals surface area (Å²) >= 11 is 0. The molecule has 17 heavy (non-hydrogen) atoms. The summed E-state index contributed by atoms with van der Waals surface area (Å²) in [4.78, 5) is 0. The lowest BCUT2D eigenvalue weighted by Gasteiger charge is -2.18. The Kier molecular flexibility index (Phi) is 4.04. The Morgan fingerprint density at radius 2 is 2.18 bits per heavy atom. The van der Waals surface area contributed by atoms with Gasteiger partial charge in [-0.3, -0.25) is 0 Å². The van der Waals surface area contributed by atoms with Crippen molar-refractivity contribution < 1.29 is 4.74 Å². The normalized spacial score (nSPS) is 20.8. The van der Waals surface area contributed by atoms with Gasteiger partial charge < -0.3 is 15.8 Å². The van der Waals surface area contributed by atoms with Crippen LogP contribution in [-0.2, 0) is 4.74 Å². The second-order valence-corrected chi connectivity index (χ2v) is 4.40. The number of ether oxygens (including phenoxy) is 1. The third kappa shape index (κ3) is 3.24. The summed E-state index contributed by atoms with van der Waals surface area (Å²) in [5.74, 6) is 1.17. The fraction of sp³-hybridized carbons (Fsp3) is 0.429. The lowest BCUT2D eigenvalue weighted by Crippen LogP contribution is -2.19. The molecule has 0 aromatic heterocycles. The lowest BCUT2D eigenvalue weighted by molar-refractivity contribution is 0.0363. The first-order chi connectivity index (χ1) is 8.29. The highest BCUT2D eigenvalue weighted by atomic mass is 16.5. The summed E-state index contributed by atoms with van der Waals surface area (Å²) < 4.78 is 5.97. The molecule has 0 saturated heterocycles. The maximum Gasteiger partial charge on any atom is 0.0923 e. The fourth-order valence-electron chi connectivity index (χ4n) is 2.08. The van der Waals surface area contributed by atoms with Gasteiger partial charge >= 0.3 is 0 Å².